The Bertz CT molecular complexity index is 494. The Morgan fingerprint density at radius 1 is 1.47 bits per heavy atom. The monoisotopic (exact) mass is 258 g/mol. The molecule has 0 atom stereocenters. The van der Waals surface area contributed by atoms with Crippen molar-refractivity contribution in [1.82, 2.24) is 4.98 Å². The zero-order valence-electron chi connectivity index (χ0n) is 9.54. The number of nitrogens with one attached hydrogen (secondary N) is 1. The van der Waals surface area contributed by atoms with Crippen LogP contribution in [0.2, 0.25) is 0 Å². The molecule has 2 N–H and O–H groups in total. The summed E-state index contributed by atoms with van der Waals surface area (Å²) in [5.74, 6) is -0.981. The van der Waals surface area contributed by atoms with Crippen molar-refractivity contribution in [3.63, 3.8) is 0 Å². The molecular weight excluding hydrogens is 244 g/mol. The van der Waals surface area contributed by atoms with Gasteiger partial charge in [-0.25, -0.2) is 18.2 Å². The lowest BCUT2D eigenvalue weighted by Crippen LogP contribution is -2.20. The minimum atomic E-state index is -3.43. The molecule has 0 saturated carbocycles. The predicted molar refractivity (Wildman–Crippen MR) is 63.4 cm³/mol. The van der Waals surface area contributed by atoms with E-state index in [0.717, 1.165) is 6.20 Å². The zero-order valence-corrected chi connectivity index (χ0v) is 10.4. The second kappa shape index (κ2) is 5.13. The number of rotatable bonds is 5. The van der Waals surface area contributed by atoms with Crippen molar-refractivity contribution in [1.29, 1.82) is 0 Å². The molecule has 0 unspecified atom stereocenters. The second-order valence-corrected chi connectivity index (χ2v) is 5.78. The van der Waals surface area contributed by atoms with Crippen molar-refractivity contribution < 1.29 is 18.3 Å². The standard InChI is InChI=1S/C10H14N2O4S/c1-7(2)6-17(15,16)12-9-4-3-8(5-11-9)10(13)14/h3-5,7H,6H2,1-2H3,(H,11,12)(H,13,14). The lowest BCUT2D eigenvalue weighted by atomic mass is 10.3. The van der Waals surface area contributed by atoms with E-state index in [-0.39, 0.29) is 23.1 Å². The Hall–Kier alpha value is -1.63. The van der Waals surface area contributed by atoms with Crippen molar-refractivity contribution >= 4 is 21.8 Å². The summed E-state index contributed by atoms with van der Waals surface area (Å²) in [4.78, 5) is 14.3. The van der Waals surface area contributed by atoms with Gasteiger partial charge in [0.25, 0.3) is 0 Å². The maximum atomic E-state index is 11.6. The van der Waals surface area contributed by atoms with Gasteiger partial charge in [0, 0.05) is 6.20 Å². The Morgan fingerprint density at radius 2 is 2.12 bits per heavy atom. The lowest BCUT2D eigenvalue weighted by Gasteiger charge is -2.08. The smallest absolute Gasteiger partial charge is 0.337 e. The molecule has 0 aliphatic carbocycles. The van der Waals surface area contributed by atoms with Crippen LogP contribution >= 0.6 is 0 Å². The third-order valence-corrected chi connectivity index (χ3v) is 3.45. The zero-order chi connectivity index (χ0) is 13.1. The summed E-state index contributed by atoms with van der Waals surface area (Å²) in [6.45, 7) is 3.58. The third kappa shape index (κ3) is 4.39. The average molecular weight is 258 g/mol. The lowest BCUT2D eigenvalue weighted by molar-refractivity contribution is 0.0696. The first-order valence-electron chi connectivity index (χ1n) is 5.00. The topological polar surface area (TPSA) is 96.4 Å². The highest BCUT2D eigenvalue weighted by Crippen LogP contribution is 2.09. The Labute approximate surface area is 99.7 Å². The van der Waals surface area contributed by atoms with Gasteiger partial charge in [-0.2, -0.15) is 0 Å². The Kier molecular flexibility index (Phi) is 4.06. The largest absolute Gasteiger partial charge is 0.478 e. The normalized spacial score (nSPS) is 11.5. The van der Waals surface area contributed by atoms with E-state index >= 15 is 0 Å². The number of nitrogens with zero attached hydrogens (tertiary/aromatic N) is 1. The molecule has 0 saturated heterocycles. The van der Waals surface area contributed by atoms with Crippen LogP contribution in [0.3, 0.4) is 0 Å². The van der Waals surface area contributed by atoms with E-state index in [1.807, 2.05) is 0 Å². The van der Waals surface area contributed by atoms with Gasteiger partial charge in [-0.3, -0.25) is 4.72 Å². The quantitative estimate of drug-likeness (QED) is 0.826. The number of sulfonamides is 1. The van der Waals surface area contributed by atoms with E-state index < -0.39 is 16.0 Å². The molecule has 1 aromatic rings. The molecule has 0 amide bonds. The number of aromatic nitrogens is 1. The molecule has 1 heterocycles. The third-order valence-electron chi connectivity index (χ3n) is 1.82. The fourth-order valence-electron chi connectivity index (χ4n) is 1.22. The maximum absolute atomic E-state index is 11.6. The van der Waals surface area contributed by atoms with Gasteiger partial charge in [0.05, 0.1) is 11.3 Å². The van der Waals surface area contributed by atoms with Gasteiger partial charge < -0.3 is 5.11 Å². The van der Waals surface area contributed by atoms with Crippen molar-refractivity contribution in [2.45, 2.75) is 13.8 Å². The molecule has 1 rings (SSSR count). The number of hydrogen-bond acceptors (Lipinski definition) is 4. The molecule has 17 heavy (non-hydrogen) atoms. The van der Waals surface area contributed by atoms with Crippen LogP contribution in [0, 0.1) is 5.92 Å². The fourth-order valence-corrected chi connectivity index (χ4v) is 2.62. The number of hydrogen-bond donors (Lipinski definition) is 2. The summed E-state index contributed by atoms with van der Waals surface area (Å²) in [6.07, 6.45) is 1.11. The molecule has 0 fully saturated rings. The summed E-state index contributed by atoms with van der Waals surface area (Å²) in [5, 5.41) is 8.65. The van der Waals surface area contributed by atoms with E-state index in [1.165, 1.54) is 12.1 Å². The molecule has 0 aromatic carbocycles. The van der Waals surface area contributed by atoms with Crippen LogP contribution < -0.4 is 4.72 Å². The summed E-state index contributed by atoms with van der Waals surface area (Å²) in [6, 6.07) is 2.61. The van der Waals surface area contributed by atoms with E-state index in [2.05, 4.69) is 9.71 Å². The van der Waals surface area contributed by atoms with Crippen LogP contribution in [0.25, 0.3) is 0 Å². The van der Waals surface area contributed by atoms with Crippen LogP contribution in [0.15, 0.2) is 18.3 Å². The first-order valence-corrected chi connectivity index (χ1v) is 6.65. The average Bonchev–Trinajstić information content (AvgIpc) is 2.15. The number of aromatic carboxylic acids is 1. The van der Waals surface area contributed by atoms with Crippen molar-refractivity contribution in [2.75, 3.05) is 10.5 Å². The van der Waals surface area contributed by atoms with Crippen molar-refractivity contribution in [2.24, 2.45) is 5.92 Å². The second-order valence-electron chi connectivity index (χ2n) is 4.01. The summed E-state index contributed by atoms with van der Waals surface area (Å²) >= 11 is 0. The number of pyridine rings is 1. The number of carboxylic acids is 1. The molecule has 0 aliphatic heterocycles. The Morgan fingerprint density at radius 3 is 2.53 bits per heavy atom. The van der Waals surface area contributed by atoms with Crippen LogP contribution in [-0.4, -0.2) is 30.2 Å². The van der Waals surface area contributed by atoms with Gasteiger partial charge in [0.1, 0.15) is 5.82 Å². The number of carboxylic acid groups (broad SMARTS) is 1. The molecule has 7 heteroatoms. The van der Waals surface area contributed by atoms with Gasteiger partial charge in [-0.1, -0.05) is 13.8 Å². The minimum Gasteiger partial charge on any atom is -0.478 e. The molecular formula is C10H14N2O4S. The van der Waals surface area contributed by atoms with Gasteiger partial charge in [-0.15, -0.1) is 0 Å². The van der Waals surface area contributed by atoms with E-state index in [0.29, 0.717) is 0 Å². The molecule has 0 radical (unpaired) electrons. The number of carbonyl (C=O) groups is 1. The van der Waals surface area contributed by atoms with Gasteiger partial charge in [-0.05, 0) is 18.1 Å². The van der Waals surface area contributed by atoms with E-state index in [4.69, 9.17) is 5.11 Å². The highest BCUT2D eigenvalue weighted by molar-refractivity contribution is 7.92. The SMILES string of the molecule is CC(C)CS(=O)(=O)Nc1ccc(C(=O)O)cn1. The molecule has 1 aromatic heterocycles. The predicted octanol–water partition coefficient (Wildman–Crippen LogP) is 1.18. The Balaban J connectivity index is 2.79. The summed E-state index contributed by atoms with van der Waals surface area (Å²) in [7, 11) is -3.43. The van der Waals surface area contributed by atoms with E-state index in [9.17, 15) is 13.2 Å². The summed E-state index contributed by atoms with van der Waals surface area (Å²) < 4.78 is 25.4. The van der Waals surface area contributed by atoms with Gasteiger partial charge >= 0.3 is 5.97 Å². The van der Waals surface area contributed by atoms with Crippen LogP contribution in [0.1, 0.15) is 24.2 Å². The molecule has 0 aliphatic rings. The molecule has 6 nitrogen and oxygen atoms in total. The van der Waals surface area contributed by atoms with Crippen LogP contribution in [0.4, 0.5) is 5.82 Å². The summed E-state index contributed by atoms with van der Waals surface area (Å²) in [5.41, 5.74) is 0.0109. The van der Waals surface area contributed by atoms with Gasteiger partial charge in [0.2, 0.25) is 10.0 Å². The van der Waals surface area contributed by atoms with Crippen molar-refractivity contribution in [3.05, 3.63) is 23.9 Å². The van der Waals surface area contributed by atoms with Crippen molar-refractivity contribution in [3.8, 4) is 0 Å². The minimum absolute atomic E-state index is 0.00460. The molecule has 0 spiro atoms. The molecule has 0 bridgehead atoms. The highest BCUT2D eigenvalue weighted by Gasteiger charge is 2.13. The van der Waals surface area contributed by atoms with Crippen LogP contribution in [0.5, 0.6) is 0 Å². The maximum Gasteiger partial charge on any atom is 0.337 e. The highest BCUT2D eigenvalue weighted by atomic mass is 32.2. The first-order chi connectivity index (χ1) is 7.80. The number of anilines is 1. The van der Waals surface area contributed by atoms with Crippen LogP contribution in [-0.2, 0) is 10.0 Å². The fraction of sp³-hybridized carbons (Fsp3) is 0.400. The molecule has 94 valence electrons. The first kappa shape index (κ1) is 13.4. The van der Waals surface area contributed by atoms with E-state index in [1.54, 1.807) is 13.8 Å². The van der Waals surface area contributed by atoms with Gasteiger partial charge in [0.15, 0.2) is 0 Å².